The Kier molecular flexibility index (Phi) is 4.76. The maximum absolute atomic E-state index is 12.6. The van der Waals surface area contributed by atoms with Crippen LogP contribution >= 0.6 is 0 Å². The summed E-state index contributed by atoms with van der Waals surface area (Å²) < 4.78 is 0. The van der Waals surface area contributed by atoms with E-state index in [0.717, 1.165) is 57.8 Å². The van der Waals surface area contributed by atoms with Gasteiger partial charge in [-0.2, -0.15) is 0 Å². The molecular formula is C28H42O4. The van der Waals surface area contributed by atoms with Gasteiger partial charge in [0.25, 0.3) is 0 Å². The number of rotatable bonds is 1. The fourth-order valence-corrected chi connectivity index (χ4v) is 9.85. The van der Waals surface area contributed by atoms with Crippen molar-refractivity contribution < 1.29 is 20.1 Å². The number of fused-ring (bicyclic) bond motifs is 7. The van der Waals surface area contributed by atoms with Crippen LogP contribution in [0.15, 0.2) is 23.8 Å². The Balaban J connectivity index is 1.60. The molecule has 4 saturated carbocycles. The van der Waals surface area contributed by atoms with Gasteiger partial charge < -0.3 is 15.3 Å². The number of aliphatic hydroxyl groups excluding tert-OH is 1. The lowest BCUT2D eigenvalue weighted by Gasteiger charge is -2.70. The molecule has 0 bridgehead atoms. The van der Waals surface area contributed by atoms with Crippen LogP contribution in [0.1, 0.15) is 91.9 Å². The molecule has 0 aliphatic heterocycles. The van der Waals surface area contributed by atoms with E-state index in [0.29, 0.717) is 12.3 Å². The SMILES string of the molecule is C=C1CC[C@]2(C(=O)O)CC[C@]3(C)C(=CC[C@@H]4[C@@]5(C)CC[C@H](O)[C@@](C)(O)[C@@H]5CC[C@]43C)[C@@H]2C1. The molecular weight excluding hydrogens is 400 g/mol. The van der Waals surface area contributed by atoms with Crippen molar-refractivity contribution in [1.82, 2.24) is 0 Å². The van der Waals surface area contributed by atoms with Crippen molar-refractivity contribution in [3.05, 3.63) is 23.8 Å². The second-order valence-electron chi connectivity index (χ2n) is 13.0. The number of carboxylic acid groups (broad SMARTS) is 1. The van der Waals surface area contributed by atoms with Gasteiger partial charge in [-0.05, 0) is 99.2 Å². The van der Waals surface area contributed by atoms with Crippen LogP contribution in [0, 0.1) is 39.4 Å². The average Bonchev–Trinajstić information content (AvgIpc) is 2.71. The largest absolute Gasteiger partial charge is 0.481 e. The standard InChI is InChI=1S/C28H42O4/c1-17-8-13-28(23(30)31)15-14-25(3)18(19(28)16-17)6-7-20-24(2)11-10-22(29)27(5,32)21(24)9-12-26(20,25)4/h6,19-22,29,32H,1,7-16H2,2-5H3,(H,30,31)/t19-,20+,21+,22-,24+,25+,26+,27-,28-/m0/s1. The van der Waals surface area contributed by atoms with Gasteiger partial charge in [0.05, 0.1) is 17.1 Å². The molecule has 0 spiro atoms. The predicted molar refractivity (Wildman–Crippen MR) is 125 cm³/mol. The number of allylic oxidation sites excluding steroid dienone is 3. The summed E-state index contributed by atoms with van der Waals surface area (Å²) in [5.74, 6) is -0.00469. The predicted octanol–water partition coefficient (Wildman–Crippen LogP) is 5.49. The van der Waals surface area contributed by atoms with Crippen LogP contribution in [0.4, 0.5) is 0 Å². The molecule has 178 valence electrons. The molecule has 5 aliphatic rings. The molecule has 0 aromatic carbocycles. The molecule has 0 radical (unpaired) electrons. The third kappa shape index (κ3) is 2.54. The Morgan fingerprint density at radius 3 is 2.44 bits per heavy atom. The Morgan fingerprint density at radius 1 is 1.03 bits per heavy atom. The average molecular weight is 443 g/mol. The number of aliphatic carboxylic acids is 1. The number of carboxylic acids is 1. The third-order valence-corrected chi connectivity index (χ3v) is 12.1. The maximum Gasteiger partial charge on any atom is 0.310 e. The third-order valence-electron chi connectivity index (χ3n) is 12.1. The monoisotopic (exact) mass is 442 g/mol. The van der Waals surface area contributed by atoms with E-state index in [2.05, 4.69) is 33.4 Å². The summed E-state index contributed by atoms with van der Waals surface area (Å²) in [4.78, 5) is 12.6. The van der Waals surface area contributed by atoms with E-state index in [9.17, 15) is 20.1 Å². The van der Waals surface area contributed by atoms with Gasteiger partial charge in [0.2, 0.25) is 0 Å². The lowest BCUT2D eigenvalue weighted by atomic mass is 9.34. The first-order valence-electron chi connectivity index (χ1n) is 12.8. The van der Waals surface area contributed by atoms with Crippen LogP contribution < -0.4 is 0 Å². The van der Waals surface area contributed by atoms with Crippen LogP contribution in [0.25, 0.3) is 0 Å². The summed E-state index contributed by atoms with van der Waals surface area (Å²) in [6.45, 7) is 13.4. The maximum atomic E-state index is 12.6. The Bertz CT molecular complexity index is 888. The van der Waals surface area contributed by atoms with Crippen LogP contribution in [0.2, 0.25) is 0 Å². The van der Waals surface area contributed by atoms with Crippen molar-refractivity contribution in [2.75, 3.05) is 0 Å². The van der Waals surface area contributed by atoms with Crippen molar-refractivity contribution in [3.63, 3.8) is 0 Å². The zero-order chi connectivity index (χ0) is 23.3. The van der Waals surface area contributed by atoms with Crippen molar-refractivity contribution in [2.45, 2.75) is 104 Å². The summed E-state index contributed by atoms with van der Waals surface area (Å²) in [5.41, 5.74) is 0.976. The van der Waals surface area contributed by atoms with E-state index in [1.165, 1.54) is 11.1 Å². The summed E-state index contributed by atoms with van der Waals surface area (Å²) in [6.07, 6.45) is 10.4. The zero-order valence-corrected chi connectivity index (χ0v) is 20.4. The smallest absolute Gasteiger partial charge is 0.310 e. The van der Waals surface area contributed by atoms with Crippen molar-refractivity contribution >= 4 is 5.97 Å². The molecule has 3 N–H and O–H groups in total. The highest BCUT2D eigenvalue weighted by Crippen LogP contribution is 2.74. The number of aliphatic hydroxyl groups is 2. The highest BCUT2D eigenvalue weighted by molar-refractivity contribution is 5.77. The Hall–Kier alpha value is -1.13. The summed E-state index contributed by atoms with van der Waals surface area (Å²) in [7, 11) is 0. The summed E-state index contributed by atoms with van der Waals surface area (Å²) in [6, 6.07) is 0. The minimum absolute atomic E-state index is 0.0156. The molecule has 5 aliphatic carbocycles. The van der Waals surface area contributed by atoms with Gasteiger partial charge in [-0.15, -0.1) is 0 Å². The Labute approximate surface area is 193 Å². The summed E-state index contributed by atoms with van der Waals surface area (Å²) >= 11 is 0. The van der Waals surface area contributed by atoms with E-state index >= 15 is 0 Å². The van der Waals surface area contributed by atoms with Gasteiger partial charge in [-0.1, -0.05) is 44.6 Å². The topological polar surface area (TPSA) is 77.8 Å². The fourth-order valence-electron chi connectivity index (χ4n) is 9.85. The minimum Gasteiger partial charge on any atom is -0.481 e. The quantitative estimate of drug-likeness (QED) is 0.469. The second kappa shape index (κ2) is 6.72. The molecule has 9 atom stereocenters. The molecule has 0 aromatic rings. The van der Waals surface area contributed by atoms with Gasteiger partial charge in [-0.3, -0.25) is 4.79 Å². The van der Waals surface area contributed by atoms with Crippen LogP contribution in [0.3, 0.4) is 0 Å². The van der Waals surface area contributed by atoms with Gasteiger partial charge in [0.15, 0.2) is 0 Å². The molecule has 0 heterocycles. The molecule has 0 amide bonds. The molecule has 4 heteroatoms. The van der Waals surface area contributed by atoms with Gasteiger partial charge >= 0.3 is 5.97 Å². The zero-order valence-electron chi connectivity index (χ0n) is 20.4. The molecule has 4 nitrogen and oxygen atoms in total. The first-order chi connectivity index (χ1) is 14.8. The highest BCUT2D eigenvalue weighted by atomic mass is 16.4. The van der Waals surface area contributed by atoms with Gasteiger partial charge in [-0.25, -0.2) is 0 Å². The van der Waals surface area contributed by atoms with Gasteiger partial charge in [0, 0.05) is 5.92 Å². The van der Waals surface area contributed by atoms with E-state index < -0.39 is 23.1 Å². The lowest BCUT2D eigenvalue weighted by Crippen LogP contribution is -2.66. The minimum atomic E-state index is -1.04. The first kappa shape index (κ1) is 22.7. The van der Waals surface area contributed by atoms with Crippen LogP contribution in [-0.4, -0.2) is 33.0 Å². The van der Waals surface area contributed by atoms with E-state index in [1.54, 1.807) is 0 Å². The fraction of sp³-hybridized carbons (Fsp3) is 0.821. The molecule has 4 fully saturated rings. The van der Waals surface area contributed by atoms with E-state index in [4.69, 9.17) is 0 Å². The molecule has 32 heavy (non-hydrogen) atoms. The molecule has 0 aromatic heterocycles. The van der Waals surface area contributed by atoms with Crippen molar-refractivity contribution in [2.24, 2.45) is 39.4 Å². The highest BCUT2D eigenvalue weighted by Gasteiger charge is 2.69. The summed E-state index contributed by atoms with van der Waals surface area (Å²) in [5, 5.41) is 32.3. The Morgan fingerprint density at radius 2 is 1.75 bits per heavy atom. The van der Waals surface area contributed by atoms with E-state index in [-0.39, 0.29) is 28.1 Å². The van der Waals surface area contributed by atoms with Crippen LogP contribution in [0.5, 0.6) is 0 Å². The number of carbonyl (C=O) groups is 1. The van der Waals surface area contributed by atoms with Gasteiger partial charge in [0.1, 0.15) is 0 Å². The number of hydrogen-bond acceptors (Lipinski definition) is 3. The molecule has 0 saturated heterocycles. The normalized spacial score (nSPS) is 55.1. The molecule has 0 unspecified atom stereocenters. The number of hydrogen-bond donors (Lipinski definition) is 3. The lowest BCUT2D eigenvalue weighted by molar-refractivity contribution is -0.233. The van der Waals surface area contributed by atoms with E-state index in [1.807, 2.05) is 6.92 Å². The van der Waals surface area contributed by atoms with Crippen molar-refractivity contribution in [3.8, 4) is 0 Å². The van der Waals surface area contributed by atoms with Crippen molar-refractivity contribution in [1.29, 1.82) is 0 Å². The second-order valence-corrected chi connectivity index (χ2v) is 13.0. The molecule has 5 rings (SSSR count). The first-order valence-corrected chi connectivity index (χ1v) is 12.8. The van der Waals surface area contributed by atoms with Crippen LogP contribution in [-0.2, 0) is 4.79 Å².